The molecule has 0 fully saturated rings. The fourth-order valence-electron chi connectivity index (χ4n) is 4.36. The third-order valence-corrected chi connectivity index (χ3v) is 8.70. The Balaban J connectivity index is 1.31. The van der Waals surface area contributed by atoms with Gasteiger partial charge in [-0.25, -0.2) is 13.8 Å². The molecular formula is C34H36N4O6S. The number of rotatable bonds is 15. The van der Waals surface area contributed by atoms with Crippen molar-refractivity contribution in [1.29, 1.82) is 0 Å². The SMILES string of the molecule is COc1ccc(S(=O)(=O)N(CCc2ccccc2)CC(=O)N/N=C\c2ccc(OCC(=O)N[C@H](C)c3ccccc3)cc2)cc1. The Bertz CT molecular complexity index is 1660. The summed E-state index contributed by atoms with van der Waals surface area (Å²) in [5.41, 5.74) is 5.02. The normalized spacial score (nSPS) is 12.1. The van der Waals surface area contributed by atoms with Crippen molar-refractivity contribution < 1.29 is 27.5 Å². The number of nitrogens with zero attached hydrogens (tertiary/aromatic N) is 2. The van der Waals surface area contributed by atoms with E-state index in [1.54, 1.807) is 36.4 Å². The molecule has 4 rings (SSSR count). The van der Waals surface area contributed by atoms with Gasteiger partial charge in [-0.05, 0) is 78.6 Å². The summed E-state index contributed by atoms with van der Waals surface area (Å²) in [6.45, 7) is 1.44. The van der Waals surface area contributed by atoms with Crippen molar-refractivity contribution in [3.05, 3.63) is 126 Å². The number of amides is 2. The average Bonchev–Trinajstić information content (AvgIpc) is 3.07. The zero-order chi connectivity index (χ0) is 32.1. The monoisotopic (exact) mass is 628 g/mol. The number of hydrogen-bond donors (Lipinski definition) is 2. The molecule has 0 saturated carbocycles. The summed E-state index contributed by atoms with van der Waals surface area (Å²) >= 11 is 0. The standard InChI is InChI=1S/C34H36N4O6S/c1-26(29-11-7-4-8-12-29)36-34(40)25-44-31-15-13-28(14-16-31)23-35-37-33(39)24-38(22-21-27-9-5-3-6-10-27)45(41,42)32-19-17-30(43-2)18-20-32/h3-20,23,26H,21-22,24-25H2,1-2H3,(H,36,40)(H,37,39)/b35-23-/t26-/m1/s1. The van der Waals surface area contributed by atoms with Crippen LogP contribution in [0, 0.1) is 0 Å². The van der Waals surface area contributed by atoms with Crippen LogP contribution in [0.3, 0.4) is 0 Å². The molecule has 1 atom stereocenters. The Hall–Kier alpha value is -5.00. The van der Waals surface area contributed by atoms with Crippen molar-refractivity contribution in [3.8, 4) is 11.5 Å². The quantitative estimate of drug-likeness (QED) is 0.149. The number of methoxy groups -OCH3 is 1. The van der Waals surface area contributed by atoms with Gasteiger partial charge >= 0.3 is 0 Å². The molecule has 4 aromatic rings. The van der Waals surface area contributed by atoms with Gasteiger partial charge in [-0.2, -0.15) is 9.41 Å². The van der Waals surface area contributed by atoms with Crippen LogP contribution in [0.4, 0.5) is 0 Å². The van der Waals surface area contributed by atoms with Crippen LogP contribution in [0.15, 0.2) is 119 Å². The summed E-state index contributed by atoms with van der Waals surface area (Å²) < 4.78 is 38.8. The predicted octanol–water partition coefficient (Wildman–Crippen LogP) is 4.34. The lowest BCUT2D eigenvalue weighted by Gasteiger charge is -2.21. The van der Waals surface area contributed by atoms with Crippen molar-refractivity contribution in [2.24, 2.45) is 5.10 Å². The fourth-order valence-corrected chi connectivity index (χ4v) is 5.76. The molecule has 45 heavy (non-hydrogen) atoms. The minimum absolute atomic E-state index is 0.0539. The smallest absolute Gasteiger partial charge is 0.258 e. The highest BCUT2D eigenvalue weighted by atomic mass is 32.2. The third kappa shape index (κ3) is 10.0. The van der Waals surface area contributed by atoms with E-state index in [2.05, 4.69) is 15.8 Å². The zero-order valence-corrected chi connectivity index (χ0v) is 25.9. The van der Waals surface area contributed by atoms with Crippen LogP contribution in [0.5, 0.6) is 11.5 Å². The molecule has 0 unspecified atom stereocenters. The van der Waals surface area contributed by atoms with Crippen molar-refractivity contribution in [2.75, 3.05) is 26.8 Å². The van der Waals surface area contributed by atoms with Gasteiger partial charge in [0.1, 0.15) is 11.5 Å². The molecule has 0 spiro atoms. The Morgan fingerprint density at radius 2 is 1.47 bits per heavy atom. The van der Waals surface area contributed by atoms with E-state index in [4.69, 9.17) is 9.47 Å². The number of hydrazone groups is 1. The second-order valence-corrected chi connectivity index (χ2v) is 12.0. The molecule has 0 saturated heterocycles. The van der Waals surface area contributed by atoms with E-state index in [9.17, 15) is 18.0 Å². The molecule has 0 aromatic heterocycles. The summed E-state index contributed by atoms with van der Waals surface area (Å²) in [6.07, 6.45) is 1.86. The lowest BCUT2D eigenvalue weighted by molar-refractivity contribution is -0.124. The van der Waals surface area contributed by atoms with E-state index in [1.165, 1.54) is 25.5 Å². The number of carbonyl (C=O) groups is 2. The van der Waals surface area contributed by atoms with E-state index in [0.717, 1.165) is 15.4 Å². The van der Waals surface area contributed by atoms with Gasteiger partial charge in [0.25, 0.3) is 11.8 Å². The molecule has 4 aromatic carbocycles. The maximum absolute atomic E-state index is 13.5. The molecule has 234 valence electrons. The minimum Gasteiger partial charge on any atom is -0.497 e. The Labute approximate surface area is 263 Å². The predicted molar refractivity (Wildman–Crippen MR) is 173 cm³/mol. The van der Waals surface area contributed by atoms with Gasteiger partial charge < -0.3 is 14.8 Å². The number of ether oxygens (including phenoxy) is 2. The number of sulfonamides is 1. The Morgan fingerprint density at radius 1 is 0.844 bits per heavy atom. The van der Waals surface area contributed by atoms with Gasteiger partial charge in [0, 0.05) is 6.54 Å². The van der Waals surface area contributed by atoms with Crippen LogP contribution in [-0.4, -0.2) is 57.6 Å². The molecule has 0 heterocycles. The number of hydrogen-bond acceptors (Lipinski definition) is 7. The summed E-state index contributed by atoms with van der Waals surface area (Å²) in [4.78, 5) is 25.1. The van der Waals surface area contributed by atoms with Crippen LogP contribution in [0.25, 0.3) is 0 Å². The first-order chi connectivity index (χ1) is 21.7. The summed E-state index contributed by atoms with van der Waals surface area (Å²) in [7, 11) is -2.49. The van der Waals surface area contributed by atoms with Crippen molar-refractivity contribution in [3.63, 3.8) is 0 Å². The molecule has 11 heteroatoms. The Kier molecular flexibility index (Phi) is 11.8. The van der Waals surface area contributed by atoms with Crippen LogP contribution in [0.1, 0.15) is 29.7 Å². The lowest BCUT2D eigenvalue weighted by Crippen LogP contribution is -2.40. The van der Waals surface area contributed by atoms with Crippen LogP contribution < -0.4 is 20.2 Å². The molecule has 10 nitrogen and oxygen atoms in total. The van der Waals surface area contributed by atoms with E-state index in [1.807, 2.05) is 67.6 Å². The molecular weight excluding hydrogens is 592 g/mol. The summed E-state index contributed by atoms with van der Waals surface area (Å²) in [5, 5.41) is 6.89. The summed E-state index contributed by atoms with van der Waals surface area (Å²) in [5.74, 6) is 0.186. The first-order valence-corrected chi connectivity index (χ1v) is 15.8. The minimum atomic E-state index is -3.98. The van der Waals surface area contributed by atoms with Gasteiger partial charge in [-0.3, -0.25) is 9.59 Å². The maximum Gasteiger partial charge on any atom is 0.258 e. The first-order valence-electron chi connectivity index (χ1n) is 14.3. The molecule has 0 aliphatic heterocycles. The second kappa shape index (κ2) is 16.2. The van der Waals surface area contributed by atoms with E-state index >= 15 is 0 Å². The molecule has 0 aliphatic rings. The zero-order valence-electron chi connectivity index (χ0n) is 25.1. The highest BCUT2D eigenvalue weighted by Gasteiger charge is 2.26. The lowest BCUT2D eigenvalue weighted by atomic mass is 10.1. The number of nitrogens with one attached hydrogen (secondary N) is 2. The second-order valence-electron chi connectivity index (χ2n) is 10.1. The van der Waals surface area contributed by atoms with E-state index < -0.39 is 22.5 Å². The van der Waals surface area contributed by atoms with Crippen LogP contribution in [-0.2, 0) is 26.0 Å². The molecule has 0 bridgehead atoms. The molecule has 2 N–H and O–H groups in total. The number of benzene rings is 4. The maximum atomic E-state index is 13.5. The molecule has 0 aliphatic carbocycles. The molecule has 2 amide bonds. The van der Waals surface area contributed by atoms with E-state index in [-0.39, 0.29) is 30.0 Å². The number of carbonyl (C=O) groups excluding carboxylic acids is 2. The average molecular weight is 629 g/mol. The fraction of sp³-hybridized carbons (Fsp3) is 0.206. The van der Waals surface area contributed by atoms with E-state index in [0.29, 0.717) is 23.5 Å². The first kappa shape index (κ1) is 32.9. The van der Waals surface area contributed by atoms with Crippen molar-refractivity contribution >= 4 is 28.1 Å². The highest BCUT2D eigenvalue weighted by Crippen LogP contribution is 2.20. The van der Waals surface area contributed by atoms with Gasteiger partial charge in [-0.1, -0.05) is 60.7 Å². The van der Waals surface area contributed by atoms with Gasteiger partial charge in [0.15, 0.2) is 6.61 Å². The van der Waals surface area contributed by atoms with Crippen LogP contribution in [0.2, 0.25) is 0 Å². The Morgan fingerprint density at radius 3 is 2.11 bits per heavy atom. The highest BCUT2D eigenvalue weighted by molar-refractivity contribution is 7.89. The topological polar surface area (TPSA) is 126 Å². The van der Waals surface area contributed by atoms with Crippen molar-refractivity contribution in [1.82, 2.24) is 15.0 Å². The summed E-state index contributed by atoms with van der Waals surface area (Å²) in [6, 6.07) is 31.8. The third-order valence-electron chi connectivity index (χ3n) is 6.84. The van der Waals surface area contributed by atoms with Gasteiger partial charge in [0.2, 0.25) is 10.0 Å². The molecule has 0 radical (unpaired) electrons. The largest absolute Gasteiger partial charge is 0.497 e. The van der Waals surface area contributed by atoms with Gasteiger partial charge in [0.05, 0.1) is 30.8 Å². The van der Waals surface area contributed by atoms with Gasteiger partial charge in [-0.15, -0.1) is 0 Å². The van der Waals surface area contributed by atoms with Crippen LogP contribution >= 0.6 is 0 Å². The van der Waals surface area contributed by atoms with Crippen molar-refractivity contribution in [2.45, 2.75) is 24.3 Å².